The highest BCUT2D eigenvalue weighted by atomic mass is 35.5. The lowest BCUT2D eigenvalue weighted by atomic mass is 10.0. The number of pyridine rings is 1. The molecule has 0 saturated carbocycles. The number of hydrogen-bond donors (Lipinski definition) is 0. The third kappa shape index (κ3) is 2.79. The van der Waals surface area contributed by atoms with Gasteiger partial charge in [-0.1, -0.05) is 41.9 Å². The van der Waals surface area contributed by atoms with Gasteiger partial charge in [0.1, 0.15) is 5.02 Å². The smallest absolute Gasteiger partial charge is 0.232 e. The highest BCUT2D eigenvalue weighted by Gasteiger charge is 2.19. The highest BCUT2D eigenvalue weighted by Crippen LogP contribution is 2.28. The molecular formula is C16H17ClN2O. The van der Waals surface area contributed by atoms with E-state index in [1.54, 1.807) is 7.11 Å². The number of benzene rings is 1. The van der Waals surface area contributed by atoms with Crippen LogP contribution in [0.5, 0.6) is 5.88 Å². The zero-order valence-electron chi connectivity index (χ0n) is 11.5. The van der Waals surface area contributed by atoms with Crippen molar-refractivity contribution in [1.82, 2.24) is 9.88 Å². The molecule has 0 atom stereocenters. The van der Waals surface area contributed by atoms with Crippen molar-refractivity contribution in [3.8, 4) is 5.88 Å². The van der Waals surface area contributed by atoms with E-state index in [1.165, 1.54) is 11.1 Å². The summed E-state index contributed by atoms with van der Waals surface area (Å²) in [7, 11) is 1.60. The van der Waals surface area contributed by atoms with Crippen molar-refractivity contribution in [3.63, 3.8) is 0 Å². The van der Waals surface area contributed by atoms with Crippen molar-refractivity contribution in [2.75, 3.05) is 13.7 Å². The molecule has 1 aliphatic heterocycles. The summed E-state index contributed by atoms with van der Waals surface area (Å²) < 4.78 is 5.18. The molecule has 1 aromatic heterocycles. The summed E-state index contributed by atoms with van der Waals surface area (Å²) in [6.07, 6.45) is 0.940. The molecule has 0 amide bonds. The number of rotatable bonds is 3. The van der Waals surface area contributed by atoms with Crippen LogP contribution in [0, 0.1) is 0 Å². The second-order valence-electron chi connectivity index (χ2n) is 5.03. The van der Waals surface area contributed by atoms with Crippen molar-refractivity contribution in [3.05, 3.63) is 58.2 Å². The molecule has 0 aliphatic carbocycles. The van der Waals surface area contributed by atoms with Gasteiger partial charge in [0.15, 0.2) is 0 Å². The van der Waals surface area contributed by atoms with Crippen LogP contribution in [0.2, 0.25) is 5.02 Å². The minimum absolute atomic E-state index is 0.530. The van der Waals surface area contributed by atoms with E-state index in [2.05, 4.69) is 34.1 Å². The molecule has 0 N–H and O–H groups in total. The molecule has 1 aromatic carbocycles. The molecule has 104 valence electrons. The van der Waals surface area contributed by atoms with Crippen molar-refractivity contribution in [2.45, 2.75) is 19.5 Å². The lowest BCUT2D eigenvalue weighted by molar-refractivity contribution is 0.242. The van der Waals surface area contributed by atoms with Gasteiger partial charge >= 0.3 is 0 Å². The number of fused-ring (bicyclic) bond motifs is 1. The largest absolute Gasteiger partial charge is 0.480 e. The normalized spacial score (nSPS) is 14.9. The summed E-state index contributed by atoms with van der Waals surface area (Å²) in [4.78, 5) is 6.91. The summed E-state index contributed by atoms with van der Waals surface area (Å²) in [5.41, 5.74) is 3.65. The molecule has 4 heteroatoms. The number of hydrogen-bond acceptors (Lipinski definition) is 3. The molecule has 0 unspecified atom stereocenters. The molecule has 2 heterocycles. The SMILES string of the molecule is COc1nc2c(cc1Cl)CN(Cc1ccccc1)CC2. The molecular weight excluding hydrogens is 272 g/mol. The van der Waals surface area contributed by atoms with Crippen molar-refractivity contribution < 1.29 is 4.74 Å². The number of ether oxygens (including phenoxy) is 1. The van der Waals surface area contributed by atoms with E-state index in [4.69, 9.17) is 16.3 Å². The fourth-order valence-electron chi connectivity index (χ4n) is 2.60. The molecule has 1 aliphatic rings. The fourth-order valence-corrected chi connectivity index (χ4v) is 2.85. The first-order valence-electron chi connectivity index (χ1n) is 6.75. The number of halogens is 1. The first kappa shape index (κ1) is 13.4. The predicted molar refractivity (Wildman–Crippen MR) is 80.1 cm³/mol. The van der Waals surface area contributed by atoms with Crippen LogP contribution in [-0.4, -0.2) is 23.5 Å². The summed E-state index contributed by atoms with van der Waals surface area (Å²) in [6, 6.07) is 12.5. The summed E-state index contributed by atoms with van der Waals surface area (Å²) in [5, 5.41) is 0.591. The van der Waals surface area contributed by atoms with Gasteiger partial charge in [0, 0.05) is 26.1 Å². The maximum atomic E-state index is 6.16. The molecule has 0 fully saturated rings. The average Bonchev–Trinajstić information content (AvgIpc) is 2.47. The Balaban J connectivity index is 1.77. The van der Waals surface area contributed by atoms with Gasteiger partial charge in [-0.15, -0.1) is 0 Å². The molecule has 3 nitrogen and oxygen atoms in total. The first-order valence-corrected chi connectivity index (χ1v) is 7.12. The van der Waals surface area contributed by atoms with Crippen LogP contribution in [-0.2, 0) is 19.5 Å². The lowest BCUT2D eigenvalue weighted by Gasteiger charge is -2.28. The molecule has 2 aromatic rings. The number of methoxy groups -OCH3 is 1. The van der Waals surface area contributed by atoms with Crippen LogP contribution in [0.3, 0.4) is 0 Å². The van der Waals surface area contributed by atoms with Crippen LogP contribution >= 0.6 is 11.6 Å². The van der Waals surface area contributed by atoms with Crippen LogP contribution in [0.15, 0.2) is 36.4 Å². The van der Waals surface area contributed by atoms with Crippen LogP contribution in [0.1, 0.15) is 16.8 Å². The van der Waals surface area contributed by atoms with E-state index < -0.39 is 0 Å². The van der Waals surface area contributed by atoms with E-state index in [9.17, 15) is 0 Å². The van der Waals surface area contributed by atoms with Gasteiger partial charge in [-0.05, 0) is 17.2 Å². The van der Waals surface area contributed by atoms with Gasteiger partial charge < -0.3 is 4.74 Å². The predicted octanol–water partition coefficient (Wildman–Crippen LogP) is 3.30. The standard InChI is InChI=1S/C16H17ClN2O/c1-20-16-14(17)9-13-11-19(8-7-15(13)18-16)10-12-5-3-2-4-6-12/h2-6,9H,7-8,10-11H2,1H3. The van der Waals surface area contributed by atoms with E-state index in [0.29, 0.717) is 10.9 Å². The summed E-state index contributed by atoms with van der Waals surface area (Å²) in [6.45, 7) is 2.87. The quantitative estimate of drug-likeness (QED) is 0.866. The number of nitrogens with zero attached hydrogens (tertiary/aromatic N) is 2. The van der Waals surface area contributed by atoms with E-state index in [0.717, 1.165) is 31.7 Å². The van der Waals surface area contributed by atoms with Gasteiger partial charge in [0.05, 0.1) is 12.8 Å². The molecule has 0 saturated heterocycles. The van der Waals surface area contributed by atoms with Gasteiger partial charge in [-0.2, -0.15) is 0 Å². The third-order valence-corrected chi connectivity index (χ3v) is 3.88. The zero-order valence-corrected chi connectivity index (χ0v) is 12.2. The minimum Gasteiger partial charge on any atom is -0.480 e. The van der Waals surface area contributed by atoms with Crippen molar-refractivity contribution in [2.24, 2.45) is 0 Å². The molecule has 20 heavy (non-hydrogen) atoms. The Kier molecular flexibility index (Phi) is 3.90. The van der Waals surface area contributed by atoms with E-state index in [1.807, 2.05) is 12.1 Å². The summed E-state index contributed by atoms with van der Waals surface area (Å²) >= 11 is 6.16. The molecule has 0 bridgehead atoms. The Labute approximate surface area is 124 Å². The molecule has 3 rings (SSSR count). The van der Waals surface area contributed by atoms with Gasteiger partial charge in [0.2, 0.25) is 5.88 Å². The maximum Gasteiger partial charge on any atom is 0.232 e. The van der Waals surface area contributed by atoms with Crippen molar-refractivity contribution >= 4 is 11.6 Å². The van der Waals surface area contributed by atoms with Gasteiger partial charge in [-0.25, -0.2) is 4.98 Å². The zero-order chi connectivity index (χ0) is 13.9. The first-order chi connectivity index (χ1) is 9.76. The summed E-state index contributed by atoms with van der Waals surface area (Å²) in [5.74, 6) is 0.530. The van der Waals surface area contributed by atoms with Gasteiger partial charge in [0.25, 0.3) is 0 Å². The topological polar surface area (TPSA) is 25.4 Å². The fraction of sp³-hybridized carbons (Fsp3) is 0.312. The Morgan fingerprint density at radius 1 is 1.30 bits per heavy atom. The van der Waals surface area contributed by atoms with E-state index in [-0.39, 0.29) is 0 Å². The molecule has 0 spiro atoms. The lowest BCUT2D eigenvalue weighted by Crippen LogP contribution is -2.30. The van der Waals surface area contributed by atoms with E-state index >= 15 is 0 Å². The monoisotopic (exact) mass is 288 g/mol. The van der Waals surface area contributed by atoms with Crippen LogP contribution < -0.4 is 4.74 Å². The Hall–Kier alpha value is -1.58. The Morgan fingerprint density at radius 3 is 2.85 bits per heavy atom. The second-order valence-corrected chi connectivity index (χ2v) is 5.44. The minimum atomic E-state index is 0.530. The van der Waals surface area contributed by atoms with Crippen LogP contribution in [0.4, 0.5) is 0 Å². The Morgan fingerprint density at radius 2 is 2.10 bits per heavy atom. The van der Waals surface area contributed by atoms with Gasteiger partial charge in [-0.3, -0.25) is 4.90 Å². The maximum absolute atomic E-state index is 6.16. The third-order valence-electron chi connectivity index (χ3n) is 3.61. The van der Waals surface area contributed by atoms with Crippen LogP contribution in [0.25, 0.3) is 0 Å². The number of aromatic nitrogens is 1. The average molecular weight is 289 g/mol. The van der Waals surface area contributed by atoms with Crippen molar-refractivity contribution in [1.29, 1.82) is 0 Å². The Bertz CT molecular complexity index is 601. The highest BCUT2D eigenvalue weighted by molar-refractivity contribution is 6.31. The molecule has 0 radical (unpaired) electrons. The second kappa shape index (κ2) is 5.81.